The first-order valence-corrected chi connectivity index (χ1v) is 8.13. The molecule has 1 atom stereocenters. The molecule has 1 aromatic carbocycles. The minimum Gasteiger partial charge on any atom is -0.481 e. The van der Waals surface area contributed by atoms with E-state index in [1.165, 1.54) is 18.4 Å². The van der Waals surface area contributed by atoms with Gasteiger partial charge in [0.2, 0.25) is 0 Å². The van der Waals surface area contributed by atoms with Crippen molar-refractivity contribution in [3.05, 3.63) is 33.3 Å². The minimum absolute atomic E-state index is 0.252. The number of nitrogens with zero attached hydrogens (tertiary/aromatic N) is 1. The van der Waals surface area contributed by atoms with E-state index in [2.05, 4.69) is 26.9 Å². The molecule has 2 rings (SSSR count). The number of hydrogen-bond acceptors (Lipinski definition) is 2. The molecular weight excluding hydrogens is 342 g/mol. The Hall–Kier alpha value is -0.580. The van der Waals surface area contributed by atoms with Gasteiger partial charge in [-0.25, -0.2) is 0 Å². The fraction of sp³-hybridized carbons (Fsp3) is 0.533. The van der Waals surface area contributed by atoms with E-state index in [1.807, 2.05) is 12.1 Å². The summed E-state index contributed by atoms with van der Waals surface area (Å²) in [6.07, 6.45) is 4.47. The maximum atomic E-state index is 10.7. The quantitative estimate of drug-likeness (QED) is 0.850. The second-order valence-corrected chi connectivity index (χ2v) is 6.56. The predicted octanol–water partition coefficient (Wildman–Crippen LogP) is 4.32. The van der Waals surface area contributed by atoms with Crippen LogP contribution in [-0.2, 0) is 11.3 Å². The molecule has 0 radical (unpaired) electrons. The summed E-state index contributed by atoms with van der Waals surface area (Å²) in [5.41, 5.74) is 1.18. The Bertz CT molecular complexity index is 481. The van der Waals surface area contributed by atoms with Crippen LogP contribution in [-0.4, -0.2) is 28.6 Å². The van der Waals surface area contributed by atoms with E-state index in [1.54, 1.807) is 0 Å². The van der Waals surface area contributed by atoms with Gasteiger partial charge in [-0.05, 0) is 59.4 Å². The van der Waals surface area contributed by atoms with Crippen LogP contribution in [0.4, 0.5) is 0 Å². The first-order chi connectivity index (χ1) is 9.56. The summed E-state index contributed by atoms with van der Waals surface area (Å²) in [4.78, 5) is 13.1. The van der Waals surface area contributed by atoms with Crippen LogP contribution in [0.1, 0.15) is 37.7 Å². The summed E-state index contributed by atoms with van der Waals surface area (Å²) < 4.78 is 0.906. The van der Waals surface area contributed by atoms with Crippen LogP contribution >= 0.6 is 27.5 Å². The monoisotopic (exact) mass is 359 g/mol. The second-order valence-electron chi connectivity index (χ2n) is 5.30. The summed E-state index contributed by atoms with van der Waals surface area (Å²) in [5.74, 6) is -0.706. The number of benzene rings is 1. The summed E-state index contributed by atoms with van der Waals surface area (Å²) in [6.45, 7) is 1.88. The lowest BCUT2D eigenvalue weighted by atomic mass is 9.97. The Morgan fingerprint density at radius 2 is 2.25 bits per heavy atom. The summed E-state index contributed by atoms with van der Waals surface area (Å²) in [6, 6.07) is 6.39. The van der Waals surface area contributed by atoms with Crippen molar-refractivity contribution in [2.75, 3.05) is 6.54 Å². The SMILES string of the molecule is O=C(O)CCC1CCCCN1Cc1ccc(Br)c(Cl)c1. The van der Waals surface area contributed by atoms with Crippen molar-refractivity contribution in [3.63, 3.8) is 0 Å². The number of aliphatic carboxylic acids is 1. The van der Waals surface area contributed by atoms with E-state index in [0.717, 1.165) is 35.4 Å². The first kappa shape index (κ1) is 15.8. The molecule has 1 aromatic rings. The molecule has 0 spiro atoms. The van der Waals surface area contributed by atoms with Gasteiger partial charge in [-0.2, -0.15) is 0 Å². The zero-order valence-electron chi connectivity index (χ0n) is 11.3. The van der Waals surface area contributed by atoms with Gasteiger partial charge in [-0.1, -0.05) is 24.1 Å². The van der Waals surface area contributed by atoms with Gasteiger partial charge in [0, 0.05) is 23.5 Å². The third-order valence-electron chi connectivity index (χ3n) is 3.81. The van der Waals surface area contributed by atoms with Gasteiger partial charge in [0.15, 0.2) is 0 Å². The number of likely N-dealkylation sites (tertiary alicyclic amines) is 1. The number of piperidine rings is 1. The lowest BCUT2D eigenvalue weighted by molar-refractivity contribution is -0.137. The van der Waals surface area contributed by atoms with Gasteiger partial charge in [-0.3, -0.25) is 9.69 Å². The largest absolute Gasteiger partial charge is 0.481 e. The number of hydrogen-bond donors (Lipinski definition) is 1. The summed E-state index contributed by atoms with van der Waals surface area (Å²) in [7, 11) is 0. The second kappa shape index (κ2) is 7.43. The fourth-order valence-corrected chi connectivity index (χ4v) is 3.21. The van der Waals surface area contributed by atoms with Crippen molar-refractivity contribution in [1.82, 2.24) is 4.90 Å². The van der Waals surface area contributed by atoms with Gasteiger partial charge < -0.3 is 5.11 Å². The summed E-state index contributed by atoms with van der Waals surface area (Å²) >= 11 is 9.52. The normalized spacial score (nSPS) is 20.0. The van der Waals surface area contributed by atoms with Crippen molar-refractivity contribution in [1.29, 1.82) is 0 Å². The molecule has 110 valence electrons. The Kier molecular flexibility index (Phi) is 5.87. The highest BCUT2D eigenvalue weighted by Gasteiger charge is 2.23. The molecule has 1 aliphatic rings. The average Bonchev–Trinajstić information content (AvgIpc) is 2.42. The van der Waals surface area contributed by atoms with E-state index >= 15 is 0 Å². The molecule has 20 heavy (non-hydrogen) atoms. The molecule has 5 heteroatoms. The zero-order chi connectivity index (χ0) is 14.5. The predicted molar refractivity (Wildman–Crippen MR) is 84.1 cm³/mol. The number of carboxylic acid groups (broad SMARTS) is 1. The van der Waals surface area contributed by atoms with Crippen LogP contribution in [0.5, 0.6) is 0 Å². The molecular formula is C15H19BrClNO2. The highest BCUT2D eigenvalue weighted by molar-refractivity contribution is 9.10. The van der Waals surface area contributed by atoms with Crippen LogP contribution in [0.25, 0.3) is 0 Å². The molecule has 1 fully saturated rings. The number of halogens is 2. The topological polar surface area (TPSA) is 40.5 Å². The number of carbonyl (C=O) groups is 1. The standard InChI is InChI=1S/C15H19BrClNO2/c16-13-6-4-11(9-14(13)17)10-18-8-2-1-3-12(18)5-7-15(19)20/h4,6,9,12H,1-3,5,7-8,10H2,(H,19,20). The average molecular weight is 361 g/mol. The van der Waals surface area contributed by atoms with E-state index in [4.69, 9.17) is 16.7 Å². The number of rotatable bonds is 5. The molecule has 0 aliphatic carbocycles. The third-order valence-corrected chi connectivity index (χ3v) is 5.04. The van der Waals surface area contributed by atoms with Crippen molar-refractivity contribution in [2.24, 2.45) is 0 Å². The maximum Gasteiger partial charge on any atom is 0.303 e. The molecule has 1 unspecified atom stereocenters. The highest BCUT2D eigenvalue weighted by Crippen LogP contribution is 2.27. The Morgan fingerprint density at radius 1 is 1.45 bits per heavy atom. The molecule has 0 aromatic heterocycles. The van der Waals surface area contributed by atoms with Gasteiger partial charge in [-0.15, -0.1) is 0 Å². The highest BCUT2D eigenvalue weighted by atomic mass is 79.9. The van der Waals surface area contributed by atoms with Crippen molar-refractivity contribution >= 4 is 33.5 Å². The molecule has 1 N–H and O–H groups in total. The smallest absolute Gasteiger partial charge is 0.303 e. The van der Waals surface area contributed by atoms with E-state index < -0.39 is 5.97 Å². The van der Waals surface area contributed by atoms with Crippen LogP contribution in [0.3, 0.4) is 0 Å². The summed E-state index contributed by atoms with van der Waals surface area (Å²) in [5, 5.41) is 9.57. The van der Waals surface area contributed by atoms with E-state index in [0.29, 0.717) is 6.04 Å². The van der Waals surface area contributed by atoms with Crippen molar-refractivity contribution < 1.29 is 9.90 Å². The van der Waals surface area contributed by atoms with Crippen molar-refractivity contribution in [3.8, 4) is 0 Å². The number of carboxylic acids is 1. The van der Waals surface area contributed by atoms with Crippen LogP contribution in [0.2, 0.25) is 5.02 Å². The van der Waals surface area contributed by atoms with Gasteiger partial charge >= 0.3 is 5.97 Å². The lowest BCUT2D eigenvalue weighted by Crippen LogP contribution is -2.39. The third kappa shape index (κ3) is 4.47. The zero-order valence-corrected chi connectivity index (χ0v) is 13.7. The molecule has 0 saturated carbocycles. The molecule has 1 saturated heterocycles. The Morgan fingerprint density at radius 3 is 2.95 bits per heavy atom. The molecule has 3 nitrogen and oxygen atoms in total. The molecule has 1 aliphatic heterocycles. The lowest BCUT2D eigenvalue weighted by Gasteiger charge is -2.35. The van der Waals surface area contributed by atoms with E-state index in [9.17, 15) is 4.79 Å². The van der Waals surface area contributed by atoms with Gasteiger partial charge in [0.25, 0.3) is 0 Å². The minimum atomic E-state index is -0.706. The van der Waals surface area contributed by atoms with Gasteiger partial charge in [0.1, 0.15) is 0 Å². The van der Waals surface area contributed by atoms with Crippen LogP contribution < -0.4 is 0 Å². The maximum absolute atomic E-state index is 10.7. The fourth-order valence-electron chi connectivity index (χ4n) is 2.76. The molecule has 1 heterocycles. The molecule has 0 amide bonds. The van der Waals surface area contributed by atoms with Crippen LogP contribution in [0, 0.1) is 0 Å². The van der Waals surface area contributed by atoms with Crippen LogP contribution in [0.15, 0.2) is 22.7 Å². The Balaban J connectivity index is 2.00. The van der Waals surface area contributed by atoms with Crippen molar-refractivity contribution in [2.45, 2.75) is 44.7 Å². The first-order valence-electron chi connectivity index (χ1n) is 6.96. The Labute approximate surface area is 133 Å². The molecule has 0 bridgehead atoms. The van der Waals surface area contributed by atoms with Gasteiger partial charge in [0.05, 0.1) is 5.02 Å². The van der Waals surface area contributed by atoms with E-state index in [-0.39, 0.29) is 6.42 Å².